The lowest BCUT2D eigenvalue weighted by Gasteiger charge is -2.17. The summed E-state index contributed by atoms with van der Waals surface area (Å²) in [5.41, 5.74) is 1.81. The number of amides is 1. The number of Topliss-reactive ketones (excluding diaryl/α,β-unsaturated/α-hetero) is 1. The minimum Gasteiger partial charge on any atom is -0.344 e. The van der Waals surface area contributed by atoms with Crippen molar-refractivity contribution in [3.05, 3.63) is 76.7 Å². The number of para-hydroxylation sites is 2. The van der Waals surface area contributed by atoms with Gasteiger partial charge in [0.2, 0.25) is 5.91 Å². The predicted octanol–water partition coefficient (Wildman–Crippen LogP) is 1.71. The molecule has 1 N–H and O–H groups in total. The van der Waals surface area contributed by atoms with Crippen LogP contribution < -0.4 is 10.9 Å². The van der Waals surface area contributed by atoms with Crippen molar-refractivity contribution < 1.29 is 9.59 Å². The number of carbonyl (C=O) groups is 2. The molecule has 0 bridgehead atoms. The molecule has 1 aromatic heterocycles. The summed E-state index contributed by atoms with van der Waals surface area (Å²) >= 11 is 0. The molecule has 132 valence electrons. The van der Waals surface area contributed by atoms with E-state index < -0.39 is 6.04 Å². The van der Waals surface area contributed by atoms with E-state index in [1.54, 1.807) is 18.2 Å². The molecule has 0 aliphatic rings. The van der Waals surface area contributed by atoms with Crippen LogP contribution in [0.15, 0.2) is 65.6 Å². The van der Waals surface area contributed by atoms with Crippen LogP contribution in [0.3, 0.4) is 0 Å². The molecular formula is C20H19N3O3. The van der Waals surface area contributed by atoms with Crippen LogP contribution in [-0.2, 0) is 22.6 Å². The number of aromatic nitrogens is 2. The van der Waals surface area contributed by atoms with Gasteiger partial charge in [-0.2, -0.15) is 0 Å². The van der Waals surface area contributed by atoms with E-state index in [4.69, 9.17) is 0 Å². The van der Waals surface area contributed by atoms with Crippen molar-refractivity contribution >= 4 is 22.7 Å². The molecule has 0 fully saturated rings. The summed E-state index contributed by atoms with van der Waals surface area (Å²) in [5, 5.41) is 2.74. The zero-order chi connectivity index (χ0) is 18.5. The molecule has 0 saturated heterocycles. The maximum atomic E-state index is 12.5. The lowest BCUT2D eigenvalue weighted by molar-refractivity contribution is -0.127. The van der Waals surface area contributed by atoms with Gasteiger partial charge in [-0.3, -0.25) is 19.0 Å². The quantitative estimate of drug-likeness (QED) is 0.735. The van der Waals surface area contributed by atoms with Crippen LogP contribution in [0.1, 0.15) is 12.5 Å². The molecule has 0 unspecified atom stereocenters. The van der Waals surface area contributed by atoms with Crippen LogP contribution in [0, 0.1) is 0 Å². The van der Waals surface area contributed by atoms with Gasteiger partial charge in [0.15, 0.2) is 5.78 Å². The largest absolute Gasteiger partial charge is 0.344 e. The Labute approximate surface area is 150 Å². The Kier molecular flexibility index (Phi) is 5.22. The van der Waals surface area contributed by atoms with Crippen molar-refractivity contribution in [1.29, 1.82) is 0 Å². The van der Waals surface area contributed by atoms with E-state index in [2.05, 4.69) is 10.3 Å². The SMILES string of the molecule is CC(=O)[C@@H](Cc1ccccc1)NC(=O)Cn1c(=O)cnc2ccccc21. The van der Waals surface area contributed by atoms with Crippen LogP contribution >= 0.6 is 0 Å². The second-order valence-corrected chi connectivity index (χ2v) is 6.09. The Morgan fingerprint density at radius 3 is 2.50 bits per heavy atom. The third kappa shape index (κ3) is 4.03. The topological polar surface area (TPSA) is 81.1 Å². The first-order chi connectivity index (χ1) is 12.5. The smallest absolute Gasteiger partial charge is 0.269 e. The first-order valence-electron chi connectivity index (χ1n) is 8.33. The van der Waals surface area contributed by atoms with Gasteiger partial charge in [-0.1, -0.05) is 42.5 Å². The number of carbonyl (C=O) groups excluding carboxylic acids is 2. The second-order valence-electron chi connectivity index (χ2n) is 6.09. The zero-order valence-electron chi connectivity index (χ0n) is 14.4. The summed E-state index contributed by atoms with van der Waals surface area (Å²) in [4.78, 5) is 40.6. The van der Waals surface area contributed by atoms with Gasteiger partial charge in [0, 0.05) is 0 Å². The summed E-state index contributed by atoms with van der Waals surface area (Å²) in [6.45, 7) is 1.28. The van der Waals surface area contributed by atoms with Crippen molar-refractivity contribution in [2.24, 2.45) is 0 Å². The highest BCUT2D eigenvalue weighted by molar-refractivity contribution is 5.88. The number of benzene rings is 2. The first kappa shape index (κ1) is 17.5. The highest BCUT2D eigenvalue weighted by Gasteiger charge is 2.18. The summed E-state index contributed by atoms with van der Waals surface area (Å²) in [6, 6.07) is 16.0. The van der Waals surface area contributed by atoms with Crippen molar-refractivity contribution in [2.45, 2.75) is 25.9 Å². The lowest BCUT2D eigenvalue weighted by atomic mass is 10.0. The number of rotatable bonds is 6. The van der Waals surface area contributed by atoms with E-state index in [1.165, 1.54) is 17.7 Å². The minimum absolute atomic E-state index is 0.130. The molecule has 0 radical (unpaired) electrons. The van der Waals surface area contributed by atoms with Crippen molar-refractivity contribution in [1.82, 2.24) is 14.9 Å². The number of hydrogen-bond acceptors (Lipinski definition) is 4. The van der Waals surface area contributed by atoms with Gasteiger partial charge < -0.3 is 5.32 Å². The number of ketones is 1. The van der Waals surface area contributed by atoms with Gasteiger partial charge in [0.25, 0.3) is 5.56 Å². The molecule has 3 rings (SSSR count). The van der Waals surface area contributed by atoms with Crippen molar-refractivity contribution in [3.63, 3.8) is 0 Å². The van der Waals surface area contributed by atoms with Crippen molar-refractivity contribution in [3.8, 4) is 0 Å². The molecule has 6 nitrogen and oxygen atoms in total. The van der Waals surface area contributed by atoms with E-state index >= 15 is 0 Å². The number of nitrogens with zero attached hydrogens (tertiary/aromatic N) is 2. The van der Waals surface area contributed by atoms with Gasteiger partial charge in [-0.05, 0) is 31.0 Å². The molecule has 2 aromatic carbocycles. The normalized spacial score (nSPS) is 11.9. The number of hydrogen-bond donors (Lipinski definition) is 1. The third-order valence-corrected chi connectivity index (χ3v) is 4.16. The fourth-order valence-electron chi connectivity index (χ4n) is 2.81. The molecule has 6 heteroatoms. The molecule has 0 saturated carbocycles. The summed E-state index contributed by atoms with van der Waals surface area (Å²) in [5.74, 6) is -0.520. The molecule has 0 aliphatic carbocycles. The minimum atomic E-state index is -0.631. The van der Waals surface area contributed by atoms with E-state index in [-0.39, 0.29) is 23.8 Å². The first-order valence-corrected chi connectivity index (χ1v) is 8.33. The Bertz CT molecular complexity index is 996. The van der Waals surface area contributed by atoms with Gasteiger partial charge in [-0.15, -0.1) is 0 Å². The summed E-state index contributed by atoms with van der Waals surface area (Å²) < 4.78 is 1.36. The second kappa shape index (κ2) is 7.74. The molecule has 0 spiro atoms. The molecular weight excluding hydrogens is 330 g/mol. The van der Waals surface area contributed by atoms with Gasteiger partial charge in [0.05, 0.1) is 23.3 Å². The maximum absolute atomic E-state index is 12.5. The Balaban J connectivity index is 1.78. The van der Waals surface area contributed by atoms with Gasteiger partial charge in [-0.25, -0.2) is 4.98 Å². The molecule has 3 aromatic rings. The predicted molar refractivity (Wildman–Crippen MR) is 98.8 cm³/mol. The molecule has 0 aliphatic heterocycles. The van der Waals surface area contributed by atoms with Crippen molar-refractivity contribution in [2.75, 3.05) is 0 Å². The molecule has 1 atom stereocenters. The van der Waals surface area contributed by atoms with Gasteiger partial charge >= 0.3 is 0 Å². The van der Waals surface area contributed by atoms with Crippen LogP contribution in [0.4, 0.5) is 0 Å². The van der Waals surface area contributed by atoms with Crippen LogP contribution in [-0.4, -0.2) is 27.3 Å². The molecule has 1 heterocycles. The van der Waals surface area contributed by atoms with E-state index in [9.17, 15) is 14.4 Å². The maximum Gasteiger partial charge on any atom is 0.269 e. The molecule has 26 heavy (non-hydrogen) atoms. The van der Waals surface area contributed by atoms with Gasteiger partial charge in [0.1, 0.15) is 6.54 Å². The Morgan fingerprint density at radius 2 is 1.77 bits per heavy atom. The Morgan fingerprint density at radius 1 is 1.08 bits per heavy atom. The number of fused-ring (bicyclic) bond motifs is 1. The average molecular weight is 349 g/mol. The van der Waals surface area contributed by atoms with E-state index in [0.717, 1.165) is 5.56 Å². The number of nitrogens with one attached hydrogen (secondary N) is 1. The summed E-state index contributed by atoms with van der Waals surface area (Å²) in [6.07, 6.45) is 1.61. The van der Waals surface area contributed by atoms with Crippen LogP contribution in [0.25, 0.3) is 11.0 Å². The zero-order valence-corrected chi connectivity index (χ0v) is 14.4. The van der Waals surface area contributed by atoms with E-state index in [1.807, 2.05) is 36.4 Å². The lowest BCUT2D eigenvalue weighted by Crippen LogP contribution is -2.43. The van der Waals surface area contributed by atoms with Crippen LogP contribution in [0.2, 0.25) is 0 Å². The highest BCUT2D eigenvalue weighted by atomic mass is 16.2. The fraction of sp³-hybridized carbons (Fsp3) is 0.200. The molecule has 1 amide bonds. The highest BCUT2D eigenvalue weighted by Crippen LogP contribution is 2.08. The standard InChI is InChI=1S/C20H19N3O3/c1-14(24)17(11-15-7-3-2-4-8-15)22-19(25)13-23-18-10-6-5-9-16(18)21-12-20(23)26/h2-10,12,17H,11,13H2,1H3,(H,22,25)/t17-/m1/s1. The fourth-order valence-corrected chi connectivity index (χ4v) is 2.81. The third-order valence-electron chi connectivity index (χ3n) is 4.16. The van der Waals surface area contributed by atoms with Crippen LogP contribution in [0.5, 0.6) is 0 Å². The average Bonchev–Trinajstić information content (AvgIpc) is 2.64. The summed E-state index contributed by atoms with van der Waals surface area (Å²) in [7, 11) is 0. The monoisotopic (exact) mass is 349 g/mol. The Hall–Kier alpha value is -3.28. The van der Waals surface area contributed by atoms with E-state index in [0.29, 0.717) is 17.5 Å².